The van der Waals surface area contributed by atoms with Crippen molar-refractivity contribution < 1.29 is 18.4 Å². The minimum Gasteiger partial charge on any atom is -0.387 e. The third-order valence-corrected chi connectivity index (χ3v) is 3.56. The Morgan fingerprint density at radius 1 is 1.40 bits per heavy atom. The molecule has 0 aliphatic heterocycles. The number of fused-ring (bicyclic) bond motifs is 1. The number of hydrogen-bond donors (Lipinski definition) is 1. The molecule has 0 radical (unpaired) electrons. The van der Waals surface area contributed by atoms with Crippen LogP contribution in [-0.4, -0.2) is 32.8 Å². The highest BCUT2D eigenvalue weighted by atomic mass is 32.1. The fourth-order valence-electron chi connectivity index (χ4n) is 1.69. The molecule has 104 valence electrons. The molecule has 20 heavy (non-hydrogen) atoms. The number of aromatic nitrogens is 3. The monoisotopic (exact) mass is 297 g/mol. The third-order valence-electron chi connectivity index (χ3n) is 2.70. The highest BCUT2D eigenvalue weighted by Gasteiger charge is 2.21. The second kappa shape index (κ2) is 5.22. The molecule has 0 aliphatic carbocycles. The number of thiophene rings is 1. The Hall–Kier alpha value is -1.93. The highest BCUT2D eigenvalue weighted by molar-refractivity contribution is 7.17. The molecule has 0 saturated carbocycles. The van der Waals surface area contributed by atoms with Gasteiger partial charge >= 0.3 is 0 Å². The Morgan fingerprint density at radius 3 is 3.05 bits per heavy atom. The van der Waals surface area contributed by atoms with Crippen molar-refractivity contribution in [2.24, 2.45) is 0 Å². The van der Waals surface area contributed by atoms with Crippen molar-refractivity contribution in [3.8, 4) is 11.4 Å². The average molecular weight is 297 g/mol. The van der Waals surface area contributed by atoms with Crippen LogP contribution in [-0.2, 0) is 6.42 Å². The fraction of sp³-hybridized carbons (Fsp3) is 0.250. The molecule has 5 nitrogen and oxygen atoms in total. The highest BCUT2D eigenvalue weighted by Crippen LogP contribution is 2.24. The molecule has 3 aromatic rings. The van der Waals surface area contributed by atoms with Crippen LogP contribution >= 0.6 is 11.3 Å². The van der Waals surface area contributed by atoms with E-state index in [1.54, 1.807) is 6.20 Å². The van der Waals surface area contributed by atoms with Gasteiger partial charge in [-0.05, 0) is 17.5 Å². The molecule has 0 aromatic carbocycles. The predicted octanol–water partition coefficient (Wildman–Crippen LogP) is 2.51. The molecule has 1 atom stereocenters. The molecule has 3 heterocycles. The Kier molecular flexibility index (Phi) is 3.41. The van der Waals surface area contributed by atoms with Gasteiger partial charge in [0.25, 0.3) is 6.43 Å². The van der Waals surface area contributed by atoms with Crippen LogP contribution in [0.5, 0.6) is 0 Å². The van der Waals surface area contributed by atoms with Gasteiger partial charge in [-0.15, -0.1) is 11.3 Å². The normalized spacial score (nSPS) is 13.2. The van der Waals surface area contributed by atoms with E-state index < -0.39 is 12.5 Å². The first-order valence-electron chi connectivity index (χ1n) is 5.76. The van der Waals surface area contributed by atoms with Crippen LogP contribution < -0.4 is 0 Å². The molecule has 0 bridgehead atoms. The topological polar surface area (TPSA) is 72.0 Å². The lowest BCUT2D eigenvalue weighted by atomic mass is 10.2. The second-order valence-corrected chi connectivity index (χ2v) is 5.09. The maximum absolute atomic E-state index is 12.2. The van der Waals surface area contributed by atoms with Gasteiger partial charge in [0, 0.05) is 11.8 Å². The number of alkyl halides is 2. The van der Waals surface area contributed by atoms with E-state index in [0.717, 1.165) is 10.2 Å². The van der Waals surface area contributed by atoms with Crippen LogP contribution in [0.15, 0.2) is 28.2 Å². The fourth-order valence-corrected chi connectivity index (χ4v) is 2.47. The summed E-state index contributed by atoms with van der Waals surface area (Å²) in [4.78, 5) is 8.22. The molecule has 1 N–H and O–H groups in total. The van der Waals surface area contributed by atoms with Crippen molar-refractivity contribution >= 4 is 21.6 Å². The molecule has 0 saturated heterocycles. The molecular weight excluding hydrogens is 288 g/mol. The lowest BCUT2D eigenvalue weighted by Gasteiger charge is -2.04. The maximum atomic E-state index is 12.2. The van der Waals surface area contributed by atoms with E-state index in [9.17, 15) is 8.78 Å². The van der Waals surface area contributed by atoms with E-state index in [2.05, 4.69) is 15.1 Å². The van der Waals surface area contributed by atoms with Gasteiger partial charge in [-0.25, -0.2) is 8.78 Å². The van der Waals surface area contributed by atoms with Gasteiger partial charge in [-0.3, -0.25) is 4.98 Å². The minimum absolute atomic E-state index is 0.0286. The Bertz CT molecular complexity index is 728. The minimum atomic E-state index is -2.84. The first-order chi connectivity index (χ1) is 9.63. The number of hydrogen-bond acceptors (Lipinski definition) is 6. The second-order valence-electron chi connectivity index (χ2n) is 4.15. The number of aliphatic hydroxyl groups excluding tert-OH is 1. The summed E-state index contributed by atoms with van der Waals surface area (Å²) < 4.78 is 30.3. The Labute approximate surface area is 115 Å². The largest absolute Gasteiger partial charge is 0.387 e. The van der Waals surface area contributed by atoms with E-state index in [4.69, 9.17) is 9.63 Å². The van der Waals surface area contributed by atoms with Gasteiger partial charge in [0.05, 0.1) is 16.6 Å². The van der Waals surface area contributed by atoms with Gasteiger partial charge in [-0.1, -0.05) is 5.16 Å². The van der Waals surface area contributed by atoms with Crippen LogP contribution in [0.25, 0.3) is 21.6 Å². The molecule has 0 fully saturated rings. The summed E-state index contributed by atoms with van der Waals surface area (Å²) in [5, 5.41) is 14.7. The third kappa shape index (κ3) is 2.52. The quantitative estimate of drug-likeness (QED) is 0.801. The molecule has 8 heteroatoms. The number of nitrogens with zero attached hydrogens (tertiary/aromatic N) is 3. The zero-order chi connectivity index (χ0) is 14.1. The first kappa shape index (κ1) is 13.1. The zero-order valence-corrected chi connectivity index (χ0v) is 10.8. The first-order valence-corrected chi connectivity index (χ1v) is 6.64. The summed E-state index contributed by atoms with van der Waals surface area (Å²) in [6.07, 6.45) is -3.43. The molecule has 3 rings (SSSR count). The molecule has 3 aromatic heterocycles. The Morgan fingerprint density at radius 2 is 2.25 bits per heavy atom. The lowest BCUT2D eigenvalue weighted by Crippen LogP contribution is -2.20. The van der Waals surface area contributed by atoms with Crippen molar-refractivity contribution in [1.82, 2.24) is 15.1 Å². The number of halogens is 2. The molecular formula is C12H9F2N3O2S. The summed E-state index contributed by atoms with van der Waals surface area (Å²) in [5.41, 5.74) is 1.51. The van der Waals surface area contributed by atoms with Crippen LogP contribution in [0.2, 0.25) is 0 Å². The van der Waals surface area contributed by atoms with Crippen molar-refractivity contribution in [2.75, 3.05) is 0 Å². The van der Waals surface area contributed by atoms with Gasteiger partial charge in [0.15, 0.2) is 0 Å². The van der Waals surface area contributed by atoms with E-state index in [1.807, 2.05) is 17.5 Å². The van der Waals surface area contributed by atoms with Crippen molar-refractivity contribution in [3.63, 3.8) is 0 Å². The van der Waals surface area contributed by atoms with E-state index >= 15 is 0 Å². The van der Waals surface area contributed by atoms with E-state index in [0.29, 0.717) is 5.56 Å². The summed E-state index contributed by atoms with van der Waals surface area (Å²) in [5.74, 6) is 0.239. The summed E-state index contributed by atoms with van der Waals surface area (Å²) in [6.45, 7) is 0. The molecule has 0 spiro atoms. The smallest absolute Gasteiger partial charge is 0.264 e. The summed E-state index contributed by atoms with van der Waals surface area (Å²) >= 11 is 1.53. The van der Waals surface area contributed by atoms with Crippen molar-refractivity contribution in [1.29, 1.82) is 0 Å². The number of aliphatic hydroxyl groups is 1. The van der Waals surface area contributed by atoms with E-state index in [1.165, 1.54) is 11.3 Å². The van der Waals surface area contributed by atoms with Crippen LogP contribution in [0.1, 0.15) is 5.89 Å². The molecule has 0 aliphatic rings. The summed E-state index contributed by atoms with van der Waals surface area (Å²) in [7, 11) is 0. The number of rotatable bonds is 4. The van der Waals surface area contributed by atoms with Crippen LogP contribution in [0, 0.1) is 0 Å². The van der Waals surface area contributed by atoms with Crippen molar-refractivity contribution in [3.05, 3.63) is 29.6 Å². The van der Waals surface area contributed by atoms with Gasteiger partial charge in [-0.2, -0.15) is 4.98 Å². The predicted molar refractivity (Wildman–Crippen MR) is 68.6 cm³/mol. The molecule has 0 amide bonds. The molecule has 1 unspecified atom stereocenters. The van der Waals surface area contributed by atoms with Crippen LogP contribution in [0.4, 0.5) is 8.78 Å². The van der Waals surface area contributed by atoms with Gasteiger partial charge in [0.2, 0.25) is 11.7 Å². The average Bonchev–Trinajstić information content (AvgIpc) is 3.05. The zero-order valence-electron chi connectivity index (χ0n) is 10.0. The van der Waals surface area contributed by atoms with Gasteiger partial charge in [0.1, 0.15) is 6.10 Å². The summed E-state index contributed by atoms with van der Waals surface area (Å²) in [6, 6.07) is 3.75. The maximum Gasteiger partial charge on any atom is 0.264 e. The number of pyridine rings is 1. The SMILES string of the molecule is OC(Cc1nc(-c2cnc3ccsc3c2)no1)C(F)F. The van der Waals surface area contributed by atoms with E-state index in [-0.39, 0.29) is 18.1 Å². The Balaban J connectivity index is 1.85. The van der Waals surface area contributed by atoms with Crippen molar-refractivity contribution in [2.45, 2.75) is 19.0 Å². The lowest BCUT2D eigenvalue weighted by molar-refractivity contribution is -0.00754. The van der Waals surface area contributed by atoms with Gasteiger partial charge < -0.3 is 9.63 Å². The van der Waals surface area contributed by atoms with Crippen LogP contribution in [0.3, 0.4) is 0 Å². The standard InChI is InChI=1S/C12H9F2N3O2S/c13-11(14)8(18)4-10-16-12(17-19-10)6-3-9-7(15-5-6)1-2-20-9/h1-3,5,8,11,18H,4H2.